The molecule has 0 spiro atoms. The summed E-state index contributed by atoms with van der Waals surface area (Å²) in [6.45, 7) is 3.31. The molecular formula is C13H15F3O3. The Balaban J connectivity index is 2.75. The van der Waals surface area contributed by atoms with Crippen molar-refractivity contribution in [2.75, 3.05) is 7.11 Å². The monoisotopic (exact) mass is 276 g/mol. The number of carbonyl (C=O) groups excluding carboxylic acids is 1. The van der Waals surface area contributed by atoms with Crippen molar-refractivity contribution in [1.29, 1.82) is 0 Å². The first-order chi connectivity index (χ1) is 8.64. The number of hydrogen-bond acceptors (Lipinski definition) is 3. The molecule has 0 radical (unpaired) electrons. The zero-order chi connectivity index (χ0) is 14.7. The van der Waals surface area contributed by atoms with E-state index in [4.69, 9.17) is 4.74 Å². The van der Waals surface area contributed by atoms with E-state index in [1.54, 1.807) is 13.8 Å². The highest BCUT2D eigenvalue weighted by Gasteiger charge is 2.30. The van der Waals surface area contributed by atoms with Gasteiger partial charge in [-0.2, -0.15) is 13.2 Å². The molecule has 0 unspecified atom stereocenters. The van der Waals surface area contributed by atoms with E-state index in [1.807, 2.05) is 0 Å². The minimum atomic E-state index is -4.37. The Kier molecular flexibility index (Phi) is 4.44. The molecule has 0 atom stereocenters. The standard InChI is InChI=1S/C13H15F3O3/c1-12(2,8-11(17)18-3)19-10-6-4-9(5-7-10)13(14,15)16/h4-7H,8H2,1-3H3. The fourth-order valence-electron chi connectivity index (χ4n) is 1.49. The normalized spacial score (nSPS) is 12.1. The summed E-state index contributed by atoms with van der Waals surface area (Å²) < 4.78 is 47.1. The maximum Gasteiger partial charge on any atom is 0.416 e. The molecule has 106 valence electrons. The topological polar surface area (TPSA) is 35.5 Å². The summed E-state index contributed by atoms with van der Waals surface area (Å²) in [5, 5.41) is 0. The lowest BCUT2D eigenvalue weighted by molar-refractivity contribution is -0.144. The van der Waals surface area contributed by atoms with E-state index in [0.717, 1.165) is 12.1 Å². The molecule has 19 heavy (non-hydrogen) atoms. The number of rotatable bonds is 4. The Hall–Kier alpha value is -1.72. The minimum Gasteiger partial charge on any atom is -0.487 e. The molecule has 0 bridgehead atoms. The molecule has 0 fully saturated rings. The highest BCUT2D eigenvalue weighted by Crippen LogP contribution is 2.31. The summed E-state index contributed by atoms with van der Waals surface area (Å²) in [5.41, 5.74) is -1.60. The molecule has 0 saturated carbocycles. The van der Waals surface area contributed by atoms with Crippen LogP contribution in [-0.2, 0) is 15.7 Å². The quantitative estimate of drug-likeness (QED) is 0.790. The number of alkyl halides is 3. The van der Waals surface area contributed by atoms with Crippen LogP contribution in [0.3, 0.4) is 0 Å². The number of halogens is 3. The summed E-state index contributed by atoms with van der Waals surface area (Å²) >= 11 is 0. The van der Waals surface area contributed by atoms with E-state index >= 15 is 0 Å². The van der Waals surface area contributed by atoms with Gasteiger partial charge in [-0.3, -0.25) is 4.79 Å². The van der Waals surface area contributed by atoms with Crippen molar-refractivity contribution >= 4 is 5.97 Å². The van der Waals surface area contributed by atoms with Crippen LogP contribution in [0.25, 0.3) is 0 Å². The van der Waals surface area contributed by atoms with Gasteiger partial charge < -0.3 is 9.47 Å². The van der Waals surface area contributed by atoms with Crippen molar-refractivity contribution in [3.8, 4) is 5.75 Å². The highest BCUT2D eigenvalue weighted by molar-refractivity contribution is 5.70. The van der Waals surface area contributed by atoms with Crippen LogP contribution in [0, 0.1) is 0 Å². The van der Waals surface area contributed by atoms with Crippen LogP contribution in [-0.4, -0.2) is 18.7 Å². The van der Waals surface area contributed by atoms with Gasteiger partial charge in [0.2, 0.25) is 0 Å². The first-order valence-corrected chi connectivity index (χ1v) is 5.57. The second kappa shape index (κ2) is 5.50. The van der Waals surface area contributed by atoms with Crippen molar-refractivity contribution in [2.45, 2.75) is 32.0 Å². The lowest BCUT2D eigenvalue weighted by atomic mass is 10.1. The summed E-state index contributed by atoms with van der Waals surface area (Å²) in [7, 11) is 1.26. The van der Waals surface area contributed by atoms with Crippen molar-refractivity contribution < 1.29 is 27.4 Å². The van der Waals surface area contributed by atoms with Crippen LogP contribution >= 0.6 is 0 Å². The van der Waals surface area contributed by atoms with Gasteiger partial charge >= 0.3 is 12.1 Å². The number of methoxy groups -OCH3 is 1. The predicted octanol–water partition coefficient (Wildman–Crippen LogP) is 3.43. The largest absolute Gasteiger partial charge is 0.487 e. The number of carbonyl (C=O) groups is 1. The number of ether oxygens (including phenoxy) is 2. The molecule has 0 N–H and O–H groups in total. The third-order valence-electron chi connectivity index (χ3n) is 2.37. The van der Waals surface area contributed by atoms with E-state index in [2.05, 4.69) is 4.74 Å². The number of benzene rings is 1. The lowest BCUT2D eigenvalue weighted by Gasteiger charge is -2.25. The SMILES string of the molecule is COC(=O)CC(C)(C)Oc1ccc(C(F)(F)F)cc1. The molecule has 0 aliphatic rings. The Morgan fingerprint density at radius 1 is 1.16 bits per heavy atom. The average molecular weight is 276 g/mol. The van der Waals surface area contributed by atoms with Gasteiger partial charge in [-0.05, 0) is 38.1 Å². The average Bonchev–Trinajstić information content (AvgIpc) is 2.27. The van der Waals surface area contributed by atoms with Crippen molar-refractivity contribution in [2.24, 2.45) is 0 Å². The van der Waals surface area contributed by atoms with Crippen LogP contribution in [0.5, 0.6) is 5.75 Å². The summed E-state index contributed by atoms with van der Waals surface area (Å²) in [6, 6.07) is 4.32. The van der Waals surface area contributed by atoms with Gasteiger partial charge in [0.05, 0.1) is 19.1 Å². The number of hydrogen-bond donors (Lipinski definition) is 0. The van der Waals surface area contributed by atoms with Gasteiger partial charge in [0.1, 0.15) is 11.4 Å². The molecule has 0 saturated heterocycles. The maximum atomic E-state index is 12.4. The summed E-state index contributed by atoms with van der Waals surface area (Å²) in [5.74, 6) is -0.182. The molecule has 3 nitrogen and oxygen atoms in total. The third-order valence-corrected chi connectivity index (χ3v) is 2.37. The first kappa shape index (κ1) is 15.3. The van der Waals surface area contributed by atoms with E-state index in [-0.39, 0.29) is 12.2 Å². The lowest BCUT2D eigenvalue weighted by Crippen LogP contribution is -2.31. The van der Waals surface area contributed by atoms with Crippen LogP contribution in [0.2, 0.25) is 0 Å². The van der Waals surface area contributed by atoms with Crippen LogP contribution in [0.4, 0.5) is 13.2 Å². The molecular weight excluding hydrogens is 261 g/mol. The molecule has 0 aromatic heterocycles. The molecule has 0 amide bonds. The van der Waals surface area contributed by atoms with Crippen molar-refractivity contribution in [3.05, 3.63) is 29.8 Å². The van der Waals surface area contributed by atoms with E-state index in [9.17, 15) is 18.0 Å². The zero-order valence-corrected chi connectivity index (χ0v) is 10.9. The van der Waals surface area contributed by atoms with Crippen molar-refractivity contribution in [3.63, 3.8) is 0 Å². The van der Waals surface area contributed by atoms with Gasteiger partial charge in [0.25, 0.3) is 0 Å². The molecule has 1 aromatic rings. The van der Waals surface area contributed by atoms with Gasteiger partial charge in [0, 0.05) is 0 Å². The fourth-order valence-corrected chi connectivity index (χ4v) is 1.49. The smallest absolute Gasteiger partial charge is 0.416 e. The molecule has 0 aliphatic heterocycles. The van der Waals surface area contributed by atoms with Crippen LogP contribution in [0.1, 0.15) is 25.8 Å². The molecule has 0 heterocycles. The van der Waals surface area contributed by atoms with Gasteiger partial charge in [-0.25, -0.2) is 0 Å². The Labute approximate surface area is 109 Å². The van der Waals surface area contributed by atoms with Crippen molar-refractivity contribution in [1.82, 2.24) is 0 Å². The van der Waals surface area contributed by atoms with Gasteiger partial charge in [-0.1, -0.05) is 0 Å². The van der Waals surface area contributed by atoms with Gasteiger partial charge in [0.15, 0.2) is 0 Å². The highest BCUT2D eigenvalue weighted by atomic mass is 19.4. The van der Waals surface area contributed by atoms with E-state index in [1.165, 1.54) is 19.2 Å². The molecule has 1 aromatic carbocycles. The Bertz CT molecular complexity index is 435. The summed E-state index contributed by atoms with van der Waals surface area (Å²) in [4.78, 5) is 11.2. The Morgan fingerprint density at radius 2 is 1.68 bits per heavy atom. The molecule has 6 heteroatoms. The first-order valence-electron chi connectivity index (χ1n) is 5.57. The fraction of sp³-hybridized carbons (Fsp3) is 0.462. The second-order valence-electron chi connectivity index (χ2n) is 4.64. The number of esters is 1. The second-order valence-corrected chi connectivity index (χ2v) is 4.64. The minimum absolute atomic E-state index is 0.00449. The van der Waals surface area contributed by atoms with Crippen LogP contribution < -0.4 is 4.74 Å². The van der Waals surface area contributed by atoms with Crippen LogP contribution in [0.15, 0.2) is 24.3 Å². The summed E-state index contributed by atoms with van der Waals surface area (Å²) in [6.07, 6.45) is -4.37. The Morgan fingerprint density at radius 3 is 2.11 bits per heavy atom. The van der Waals surface area contributed by atoms with E-state index < -0.39 is 23.3 Å². The third kappa shape index (κ3) is 4.81. The molecule has 0 aliphatic carbocycles. The van der Waals surface area contributed by atoms with Gasteiger partial charge in [-0.15, -0.1) is 0 Å². The van der Waals surface area contributed by atoms with E-state index in [0.29, 0.717) is 0 Å². The maximum absolute atomic E-state index is 12.4. The predicted molar refractivity (Wildman–Crippen MR) is 62.8 cm³/mol. The molecule has 1 rings (SSSR count). The zero-order valence-electron chi connectivity index (χ0n) is 10.9.